The average Bonchev–Trinajstić information content (AvgIpc) is 3.03. The fraction of sp³-hybridized carbons (Fsp3) is 0.789. The van der Waals surface area contributed by atoms with Gasteiger partial charge in [0, 0.05) is 0 Å². The van der Waals surface area contributed by atoms with Crippen LogP contribution < -0.4 is 11.2 Å². The predicted octanol–water partition coefficient (Wildman–Crippen LogP) is 1.15. The van der Waals surface area contributed by atoms with Gasteiger partial charge in [0.1, 0.15) is 0 Å². The van der Waals surface area contributed by atoms with Crippen LogP contribution in [0.15, 0.2) is 21.9 Å². The maximum absolute atomic E-state index is 12.1. The molecule has 0 bridgehead atoms. The van der Waals surface area contributed by atoms with Crippen LogP contribution in [0.3, 0.4) is 0 Å². The van der Waals surface area contributed by atoms with Gasteiger partial charge in [0.2, 0.25) is 0 Å². The Hall–Kier alpha value is -1.05. The summed E-state index contributed by atoms with van der Waals surface area (Å²) in [6.45, 7) is 8.04. The van der Waals surface area contributed by atoms with Gasteiger partial charge in [-0.05, 0) is 0 Å². The molecule has 28 heavy (non-hydrogen) atoms. The third kappa shape index (κ3) is 3.73. The first kappa shape index (κ1) is 21.7. The second kappa shape index (κ2) is 7.65. The zero-order valence-electron chi connectivity index (χ0n) is 17.0. The van der Waals surface area contributed by atoms with E-state index >= 15 is 0 Å². The zero-order valence-corrected chi connectivity index (χ0v) is 18.0. The molecule has 1 saturated heterocycles. The molecule has 0 radical (unpaired) electrons. The van der Waals surface area contributed by atoms with E-state index in [2.05, 4.69) is 11.9 Å². The van der Waals surface area contributed by atoms with E-state index in [1.54, 1.807) is 0 Å². The molecule has 0 aromatic carbocycles. The quantitative estimate of drug-likeness (QED) is 0.494. The number of hydrogen-bond acceptors (Lipinski definition) is 6. The molecule has 160 valence electrons. The van der Waals surface area contributed by atoms with Crippen LogP contribution in [0.25, 0.3) is 0 Å². The number of aromatic amines is 1. The number of aromatic nitrogens is 2. The molecule has 2 heterocycles. The van der Waals surface area contributed by atoms with Crippen LogP contribution in [-0.4, -0.2) is 53.8 Å². The van der Waals surface area contributed by atoms with Gasteiger partial charge in [-0.25, -0.2) is 0 Å². The van der Waals surface area contributed by atoms with Crippen LogP contribution in [0.1, 0.15) is 59.4 Å². The van der Waals surface area contributed by atoms with Gasteiger partial charge in [0.25, 0.3) is 0 Å². The summed E-state index contributed by atoms with van der Waals surface area (Å²) in [6.07, 6.45) is 1.67. The Morgan fingerprint density at radius 3 is 2.54 bits per heavy atom. The number of hydrogen-bond donors (Lipinski definition) is 4. The first-order valence-electron chi connectivity index (χ1n) is 10.2. The van der Waals surface area contributed by atoms with Crippen molar-refractivity contribution in [2.45, 2.75) is 88.5 Å². The van der Waals surface area contributed by atoms with Crippen molar-refractivity contribution in [2.75, 3.05) is 0 Å². The van der Waals surface area contributed by atoms with Gasteiger partial charge in [-0.1, -0.05) is 0 Å². The van der Waals surface area contributed by atoms with Gasteiger partial charge < -0.3 is 0 Å². The van der Waals surface area contributed by atoms with Gasteiger partial charge in [-0.3, -0.25) is 0 Å². The molecular formula is C19H33N2O6P. The van der Waals surface area contributed by atoms with E-state index in [4.69, 9.17) is 4.52 Å². The minimum absolute atomic E-state index is 0.204. The van der Waals surface area contributed by atoms with Gasteiger partial charge in [0.05, 0.1) is 0 Å². The molecule has 2 aliphatic rings. The van der Waals surface area contributed by atoms with Crippen molar-refractivity contribution in [2.24, 2.45) is 5.92 Å². The van der Waals surface area contributed by atoms with Crippen molar-refractivity contribution in [3.05, 3.63) is 33.1 Å². The van der Waals surface area contributed by atoms with E-state index in [0.29, 0.717) is 19.3 Å². The molecule has 2 fully saturated rings. The van der Waals surface area contributed by atoms with Crippen molar-refractivity contribution < 1.29 is 19.6 Å². The molecule has 4 unspecified atom stereocenters. The number of H-pyrrole nitrogens is 1. The molecule has 1 saturated carbocycles. The summed E-state index contributed by atoms with van der Waals surface area (Å²) in [5, 5.41) is 21.1. The maximum atomic E-state index is 12.1. The molecule has 1 aliphatic carbocycles. The Kier molecular flexibility index (Phi) is 5.92. The summed E-state index contributed by atoms with van der Waals surface area (Å²) in [5.41, 5.74) is -1.26. The number of nitrogens with zero attached hydrogens (tertiary/aromatic N) is 1. The fourth-order valence-corrected chi connectivity index (χ4v) is 8.68. The number of nitrogens with one attached hydrogen (secondary N) is 1. The van der Waals surface area contributed by atoms with Gasteiger partial charge >= 0.3 is 164 Å². The van der Waals surface area contributed by atoms with E-state index in [1.165, 1.54) is 16.8 Å². The summed E-state index contributed by atoms with van der Waals surface area (Å²) >= 11 is 0. The molecule has 8 nitrogen and oxygen atoms in total. The van der Waals surface area contributed by atoms with Crippen molar-refractivity contribution in [1.82, 2.24) is 9.55 Å². The second-order valence-corrected chi connectivity index (χ2v) is 12.1. The summed E-state index contributed by atoms with van der Waals surface area (Å²) in [5.74, 6) is -0.282. The minimum atomic E-state index is -2.74. The van der Waals surface area contributed by atoms with Crippen molar-refractivity contribution in [3.8, 4) is 0 Å². The van der Waals surface area contributed by atoms with Gasteiger partial charge in [-0.2, -0.15) is 0 Å². The molecule has 0 spiro atoms. The first-order chi connectivity index (χ1) is 13.1. The third-order valence-electron chi connectivity index (χ3n) is 6.95. The third-order valence-corrected chi connectivity index (χ3v) is 11.1. The molecular weight excluding hydrogens is 383 g/mol. The molecule has 3 rings (SSSR count). The fourth-order valence-electron chi connectivity index (χ4n) is 4.89. The molecule has 0 amide bonds. The normalized spacial score (nSPS) is 37.4. The average molecular weight is 416 g/mol. The van der Waals surface area contributed by atoms with Crippen molar-refractivity contribution in [1.29, 1.82) is 0 Å². The van der Waals surface area contributed by atoms with Gasteiger partial charge in [-0.15, -0.1) is 0 Å². The summed E-state index contributed by atoms with van der Waals surface area (Å²) < 4.78 is 7.59. The monoisotopic (exact) mass is 416 g/mol. The van der Waals surface area contributed by atoms with Crippen LogP contribution in [-0.2, 0) is 4.52 Å². The second-order valence-electron chi connectivity index (χ2n) is 8.73. The van der Waals surface area contributed by atoms with E-state index in [1.807, 2.05) is 20.8 Å². The van der Waals surface area contributed by atoms with Crippen LogP contribution in [0.4, 0.5) is 0 Å². The van der Waals surface area contributed by atoms with Crippen LogP contribution in [0.2, 0.25) is 0 Å². The van der Waals surface area contributed by atoms with E-state index in [0.717, 1.165) is 6.42 Å². The number of rotatable bonds is 7. The zero-order chi connectivity index (χ0) is 20.9. The van der Waals surface area contributed by atoms with E-state index in [-0.39, 0.29) is 17.2 Å². The number of aliphatic hydroxyl groups is 2. The first-order valence-corrected chi connectivity index (χ1v) is 12.2. The Morgan fingerprint density at radius 2 is 2.00 bits per heavy atom. The molecule has 4 N–H and O–H groups in total. The van der Waals surface area contributed by atoms with Crippen LogP contribution >= 0.6 is 7.72 Å². The van der Waals surface area contributed by atoms with Crippen molar-refractivity contribution >= 4 is 7.72 Å². The van der Waals surface area contributed by atoms with Crippen LogP contribution in [0, 0.1) is 5.92 Å². The molecule has 1 aromatic heterocycles. The van der Waals surface area contributed by atoms with E-state index < -0.39 is 42.8 Å². The molecule has 1 aromatic rings. The summed E-state index contributed by atoms with van der Waals surface area (Å²) in [4.78, 5) is 36.5. The SMILES string of the molecule is CCC1C(C)[PH]1(O)OC(C)(CC)C[C@H]1C[C@H](n2ccc(=O)[nH]c2=O)[C@H](O)C1O. The van der Waals surface area contributed by atoms with Crippen molar-refractivity contribution in [3.63, 3.8) is 0 Å². The molecule has 9 heteroatoms. The van der Waals surface area contributed by atoms with Gasteiger partial charge in [0.15, 0.2) is 0 Å². The molecule has 1 aliphatic heterocycles. The Bertz CT molecular complexity index is 827. The Balaban J connectivity index is 1.76. The van der Waals surface area contributed by atoms with Crippen LogP contribution in [0.5, 0.6) is 0 Å². The molecule has 7 atom stereocenters. The number of aliphatic hydroxyl groups excluding tert-OH is 2. The topological polar surface area (TPSA) is 125 Å². The van der Waals surface area contributed by atoms with E-state index in [9.17, 15) is 24.7 Å². The Labute approximate surface area is 165 Å². The standard InChI is InChI=1S/C19H33N2O6P/c1-5-14-11(3)28(14,26)27-19(4,6-2)10-12-9-13(17(24)16(12)23)21-8-7-15(22)20-18(21)25/h7-8,11-14,16-17,23-24,26,28H,5-6,9-10H2,1-4H3,(H,20,22,25)/t11?,12-,13+,14?,16?,17+,19?/m1/s1. The predicted molar refractivity (Wildman–Crippen MR) is 109 cm³/mol. The summed E-state index contributed by atoms with van der Waals surface area (Å²) in [7, 11) is -2.74. The Morgan fingerprint density at radius 1 is 1.32 bits per heavy atom. The summed E-state index contributed by atoms with van der Waals surface area (Å²) in [6, 6.07) is 0.613.